The molecule has 0 spiro atoms. The van der Waals surface area contributed by atoms with Crippen LogP contribution in [0.4, 0.5) is 0 Å². The molecule has 6 nitrogen and oxygen atoms in total. The molecule has 0 unspecified atom stereocenters. The second-order valence-corrected chi connectivity index (χ2v) is 8.12. The van der Waals surface area contributed by atoms with E-state index in [0.29, 0.717) is 12.5 Å². The van der Waals surface area contributed by atoms with Gasteiger partial charge in [-0.2, -0.15) is 5.10 Å². The van der Waals surface area contributed by atoms with Gasteiger partial charge in [-0.3, -0.25) is 9.69 Å². The summed E-state index contributed by atoms with van der Waals surface area (Å²) in [7, 11) is 0. The second-order valence-electron chi connectivity index (χ2n) is 8.12. The van der Waals surface area contributed by atoms with E-state index >= 15 is 0 Å². The fourth-order valence-corrected chi connectivity index (χ4v) is 3.26. The van der Waals surface area contributed by atoms with Crippen LogP contribution in [0.25, 0.3) is 0 Å². The van der Waals surface area contributed by atoms with Crippen LogP contribution in [0.3, 0.4) is 0 Å². The van der Waals surface area contributed by atoms with Gasteiger partial charge in [0.25, 0.3) is 5.56 Å². The Hall–Kier alpha value is -1.95. The smallest absolute Gasteiger partial charge is 0.266 e. The van der Waals surface area contributed by atoms with Crippen molar-refractivity contribution in [1.29, 1.82) is 0 Å². The molecule has 6 heteroatoms. The van der Waals surface area contributed by atoms with Gasteiger partial charge < -0.3 is 4.52 Å². The van der Waals surface area contributed by atoms with Crippen molar-refractivity contribution in [3.05, 3.63) is 45.7 Å². The van der Waals surface area contributed by atoms with Crippen LogP contribution >= 0.6 is 0 Å². The van der Waals surface area contributed by atoms with Gasteiger partial charge in [-0.25, -0.2) is 4.68 Å². The van der Waals surface area contributed by atoms with Crippen molar-refractivity contribution in [2.45, 2.75) is 59.0 Å². The zero-order valence-electron chi connectivity index (χ0n) is 15.7. The summed E-state index contributed by atoms with van der Waals surface area (Å²) < 4.78 is 6.79. The first kappa shape index (κ1) is 17.9. The van der Waals surface area contributed by atoms with Gasteiger partial charge >= 0.3 is 0 Å². The highest BCUT2D eigenvalue weighted by atomic mass is 16.5. The molecule has 0 aromatic carbocycles. The highest BCUT2D eigenvalue weighted by Crippen LogP contribution is 2.22. The minimum absolute atomic E-state index is 0.00414. The minimum atomic E-state index is -0.0463. The number of hydrogen-bond acceptors (Lipinski definition) is 5. The molecule has 0 N–H and O–H groups in total. The van der Waals surface area contributed by atoms with Gasteiger partial charge in [-0.15, -0.1) is 0 Å². The maximum absolute atomic E-state index is 12.2. The predicted molar refractivity (Wildman–Crippen MR) is 96.4 cm³/mol. The molecule has 0 atom stereocenters. The standard InChI is InChI=1S/C19H28N4O2/c1-14-16(11-20-25-14)13-22-9-7-15(8-10-22)12-23-18(24)6-5-17(21-23)19(2,3)4/h5-6,11,15H,7-10,12-13H2,1-4H3. The Morgan fingerprint density at radius 1 is 1.24 bits per heavy atom. The van der Waals surface area contributed by atoms with E-state index in [4.69, 9.17) is 4.52 Å². The van der Waals surface area contributed by atoms with Crippen LogP contribution < -0.4 is 5.56 Å². The molecule has 1 fully saturated rings. The van der Waals surface area contributed by atoms with Crippen molar-refractivity contribution in [2.24, 2.45) is 5.92 Å². The maximum atomic E-state index is 12.2. The highest BCUT2D eigenvalue weighted by molar-refractivity contribution is 5.12. The van der Waals surface area contributed by atoms with Crippen molar-refractivity contribution in [1.82, 2.24) is 19.8 Å². The van der Waals surface area contributed by atoms with Gasteiger partial charge in [-0.1, -0.05) is 25.9 Å². The number of aromatic nitrogens is 3. The van der Waals surface area contributed by atoms with Crippen LogP contribution in [0, 0.1) is 12.8 Å². The molecular weight excluding hydrogens is 316 g/mol. The number of piperidine rings is 1. The van der Waals surface area contributed by atoms with Crippen molar-refractivity contribution in [3.63, 3.8) is 0 Å². The van der Waals surface area contributed by atoms with Gasteiger partial charge in [0.2, 0.25) is 0 Å². The van der Waals surface area contributed by atoms with E-state index in [1.54, 1.807) is 10.7 Å². The fraction of sp³-hybridized carbons (Fsp3) is 0.632. The largest absolute Gasteiger partial charge is 0.361 e. The zero-order chi connectivity index (χ0) is 18.0. The van der Waals surface area contributed by atoms with E-state index in [0.717, 1.165) is 49.5 Å². The van der Waals surface area contributed by atoms with Crippen molar-refractivity contribution < 1.29 is 4.52 Å². The third-order valence-corrected chi connectivity index (χ3v) is 5.02. The van der Waals surface area contributed by atoms with Gasteiger partial charge in [0, 0.05) is 30.1 Å². The Morgan fingerprint density at radius 2 is 1.96 bits per heavy atom. The van der Waals surface area contributed by atoms with E-state index in [9.17, 15) is 4.79 Å². The Balaban J connectivity index is 1.59. The van der Waals surface area contributed by atoms with Crippen molar-refractivity contribution in [2.75, 3.05) is 13.1 Å². The monoisotopic (exact) mass is 344 g/mol. The van der Waals surface area contributed by atoms with Crippen LogP contribution in [0.15, 0.2) is 27.6 Å². The molecule has 136 valence electrons. The third-order valence-electron chi connectivity index (χ3n) is 5.02. The van der Waals surface area contributed by atoms with Crippen LogP contribution in [0.1, 0.15) is 50.6 Å². The van der Waals surface area contributed by atoms with Gasteiger partial charge in [0.05, 0.1) is 11.9 Å². The summed E-state index contributed by atoms with van der Waals surface area (Å²) in [5.41, 5.74) is 2.08. The zero-order valence-corrected chi connectivity index (χ0v) is 15.7. The molecule has 0 aliphatic carbocycles. The molecule has 1 aliphatic heterocycles. The topological polar surface area (TPSA) is 64.2 Å². The van der Waals surface area contributed by atoms with Gasteiger partial charge in [0.1, 0.15) is 5.76 Å². The van der Waals surface area contributed by atoms with Crippen molar-refractivity contribution in [3.8, 4) is 0 Å². The molecule has 3 rings (SSSR count). The molecule has 0 bridgehead atoms. The van der Waals surface area contributed by atoms with Crippen LogP contribution in [0.2, 0.25) is 0 Å². The Kier molecular flexibility index (Phi) is 5.08. The van der Waals surface area contributed by atoms with Gasteiger partial charge in [-0.05, 0) is 44.8 Å². The van der Waals surface area contributed by atoms with Gasteiger partial charge in [0.15, 0.2) is 0 Å². The molecular formula is C19H28N4O2. The Bertz CT molecular complexity index is 764. The van der Waals surface area contributed by atoms with E-state index in [2.05, 4.69) is 35.9 Å². The van der Waals surface area contributed by atoms with Crippen LogP contribution in [0.5, 0.6) is 0 Å². The number of likely N-dealkylation sites (tertiary alicyclic amines) is 1. The first-order chi connectivity index (χ1) is 11.8. The summed E-state index contributed by atoms with van der Waals surface area (Å²) in [5.74, 6) is 1.40. The number of nitrogens with zero attached hydrogens (tertiary/aromatic N) is 4. The molecule has 0 saturated carbocycles. The summed E-state index contributed by atoms with van der Waals surface area (Å²) in [6, 6.07) is 3.50. The molecule has 0 amide bonds. The Labute approximate surface area is 148 Å². The Morgan fingerprint density at radius 3 is 2.56 bits per heavy atom. The average Bonchev–Trinajstić information content (AvgIpc) is 2.95. The summed E-state index contributed by atoms with van der Waals surface area (Å²) in [6.45, 7) is 12.0. The summed E-state index contributed by atoms with van der Waals surface area (Å²) in [6.07, 6.45) is 3.97. The first-order valence-electron chi connectivity index (χ1n) is 9.04. The van der Waals surface area contributed by atoms with Crippen LogP contribution in [-0.2, 0) is 18.5 Å². The van der Waals surface area contributed by atoms with E-state index in [1.165, 1.54) is 0 Å². The minimum Gasteiger partial charge on any atom is -0.361 e. The number of hydrogen-bond donors (Lipinski definition) is 0. The lowest BCUT2D eigenvalue weighted by molar-refractivity contribution is 0.162. The summed E-state index contributed by atoms with van der Waals surface area (Å²) >= 11 is 0. The first-order valence-corrected chi connectivity index (χ1v) is 9.04. The highest BCUT2D eigenvalue weighted by Gasteiger charge is 2.22. The fourth-order valence-electron chi connectivity index (χ4n) is 3.26. The predicted octanol–water partition coefficient (Wildman–Crippen LogP) is 2.75. The second kappa shape index (κ2) is 7.12. The molecule has 3 heterocycles. The quantitative estimate of drug-likeness (QED) is 0.853. The third kappa shape index (κ3) is 4.37. The maximum Gasteiger partial charge on any atom is 0.266 e. The molecule has 1 saturated heterocycles. The van der Waals surface area contributed by atoms with E-state index < -0.39 is 0 Å². The molecule has 2 aromatic rings. The molecule has 1 aliphatic rings. The normalized spacial score (nSPS) is 17.1. The number of aryl methyl sites for hydroxylation is 1. The van der Waals surface area contributed by atoms with Crippen molar-refractivity contribution >= 4 is 0 Å². The lowest BCUT2D eigenvalue weighted by atomic mass is 9.92. The SMILES string of the molecule is Cc1oncc1CN1CCC(Cn2nc(C(C)(C)C)ccc2=O)CC1. The van der Waals surface area contributed by atoms with E-state index in [-0.39, 0.29) is 11.0 Å². The summed E-state index contributed by atoms with van der Waals surface area (Å²) in [4.78, 5) is 14.6. The molecule has 2 aromatic heterocycles. The lowest BCUT2D eigenvalue weighted by Gasteiger charge is -2.31. The lowest BCUT2D eigenvalue weighted by Crippen LogP contribution is -2.37. The molecule has 25 heavy (non-hydrogen) atoms. The summed E-state index contributed by atoms with van der Waals surface area (Å²) in [5, 5.41) is 8.45. The average molecular weight is 344 g/mol. The van der Waals surface area contributed by atoms with Crippen LogP contribution in [-0.4, -0.2) is 32.9 Å². The molecule has 0 radical (unpaired) electrons. The van der Waals surface area contributed by atoms with E-state index in [1.807, 2.05) is 19.2 Å². The number of rotatable bonds is 4.